The van der Waals surface area contributed by atoms with Crippen molar-refractivity contribution in [3.05, 3.63) is 29.6 Å². The SMILES string of the molecule is COc1ccc(C(N)CSCCC(C)C)cc1F. The van der Waals surface area contributed by atoms with Crippen molar-refractivity contribution in [2.45, 2.75) is 26.3 Å². The van der Waals surface area contributed by atoms with Gasteiger partial charge in [0.05, 0.1) is 7.11 Å². The molecule has 0 aliphatic heterocycles. The number of hydrogen-bond acceptors (Lipinski definition) is 3. The van der Waals surface area contributed by atoms with Crippen molar-refractivity contribution < 1.29 is 9.13 Å². The van der Waals surface area contributed by atoms with E-state index in [2.05, 4.69) is 13.8 Å². The van der Waals surface area contributed by atoms with Crippen molar-refractivity contribution in [3.8, 4) is 5.75 Å². The molecule has 4 heteroatoms. The molecule has 0 amide bonds. The van der Waals surface area contributed by atoms with E-state index in [0.717, 1.165) is 17.1 Å². The minimum atomic E-state index is -0.349. The van der Waals surface area contributed by atoms with Gasteiger partial charge >= 0.3 is 0 Å². The number of thioether (sulfide) groups is 1. The van der Waals surface area contributed by atoms with Crippen molar-refractivity contribution in [3.63, 3.8) is 0 Å². The zero-order valence-electron chi connectivity index (χ0n) is 11.3. The van der Waals surface area contributed by atoms with Crippen molar-refractivity contribution in [1.82, 2.24) is 0 Å². The van der Waals surface area contributed by atoms with Crippen LogP contribution in [0.3, 0.4) is 0 Å². The molecule has 0 aromatic heterocycles. The van der Waals surface area contributed by atoms with Gasteiger partial charge in [-0.1, -0.05) is 19.9 Å². The number of methoxy groups -OCH3 is 1. The summed E-state index contributed by atoms with van der Waals surface area (Å²) in [4.78, 5) is 0. The lowest BCUT2D eigenvalue weighted by Gasteiger charge is -2.13. The van der Waals surface area contributed by atoms with Gasteiger partial charge in [0.25, 0.3) is 0 Å². The van der Waals surface area contributed by atoms with Gasteiger partial charge in [-0.2, -0.15) is 11.8 Å². The maximum atomic E-state index is 13.5. The zero-order chi connectivity index (χ0) is 13.5. The second-order valence-corrected chi connectivity index (χ2v) is 5.91. The highest BCUT2D eigenvalue weighted by molar-refractivity contribution is 7.99. The minimum absolute atomic E-state index is 0.123. The third-order valence-electron chi connectivity index (χ3n) is 2.74. The number of nitrogens with two attached hydrogens (primary N) is 1. The summed E-state index contributed by atoms with van der Waals surface area (Å²) in [7, 11) is 1.46. The Hall–Kier alpha value is -0.740. The maximum Gasteiger partial charge on any atom is 0.165 e. The van der Waals surface area contributed by atoms with Crippen LogP contribution in [0.15, 0.2) is 18.2 Å². The summed E-state index contributed by atoms with van der Waals surface area (Å²) in [5.41, 5.74) is 6.87. The summed E-state index contributed by atoms with van der Waals surface area (Å²) in [5.74, 6) is 2.55. The van der Waals surface area contributed by atoms with E-state index < -0.39 is 0 Å². The Morgan fingerprint density at radius 1 is 1.39 bits per heavy atom. The first kappa shape index (κ1) is 15.3. The summed E-state index contributed by atoms with van der Waals surface area (Å²) in [6.07, 6.45) is 1.19. The molecule has 0 fully saturated rings. The van der Waals surface area contributed by atoms with Crippen LogP contribution in [0.5, 0.6) is 5.75 Å². The van der Waals surface area contributed by atoms with E-state index in [9.17, 15) is 4.39 Å². The highest BCUT2D eigenvalue weighted by Crippen LogP contribution is 2.23. The minimum Gasteiger partial charge on any atom is -0.494 e. The molecule has 2 nitrogen and oxygen atoms in total. The average Bonchev–Trinajstić information content (AvgIpc) is 2.34. The normalized spacial score (nSPS) is 12.8. The first-order chi connectivity index (χ1) is 8.54. The Bertz CT molecular complexity index is 371. The molecule has 0 aliphatic rings. The van der Waals surface area contributed by atoms with Gasteiger partial charge in [0.2, 0.25) is 0 Å². The molecule has 1 unspecified atom stereocenters. The molecule has 18 heavy (non-hydrogen) atoms. The second-order valence-electron chi connectivity index (χ2n) is 4.76. The van der Waals surface area contributed by atoms with Gasteiger partial charge in [-0.15, -0.1) is 0 Å². The molecule has 2 N–H and O–H groups in total. The summed E-state index contributed by atoms with van der Waals surface area (Å²) in [5, 5.41) is 0. The lowest BCUT2D eigenvalue weighted by molar-refractivity contribution is 0.386. The summed E-state index contributed by atoms with van der Waals surface area (Å²) in [6.45, 7) is 4.42. The van der Waals surface area contributed by atoms with Crippen LogP contribution in [0.2, 0.25) is 0 Å². The van der Waals surface area contributed by atoms with Crippen LogP contribution < -0.4 is 10.5 Å². The lowest BCUT2D eigenvalue weighted by atomic mass is 10.1. The van der Waals surface area contributed by atoms with E-state index in [-0.39, 0.29) is 17.6 Å². The van der Waals surface area contributed by atoms with Crippen LogP contribution in [0.4, 0.5) is 4.39 Å². The molecule has 102 valence electrons. The van der Waals surface area contributed by atoms with Crippen LogP contribution in [-0.2, 0) is 0 Å². The quantitative estimate of drug-likeness (QED) is 0.769. The molecule has 0 aliphatic carbocycles. The first-order valence-corrected chi connectivity index (χ1v) is 7.36. The van der Waals surface area contributed by atoms with Gasteiger partial charge in [-0.05, 0) is 35.8 Å². The van der Waals surface area contributed by atoms with E-state index >= 15 is 0 Å². The molecule has 1 rings (SSSR count). The van der Waals surface area contributed by atoms with E-state index in [0.29, 0.717) is 5.92 Å². The topological polar surface area (TPSA) is 35.2 Å². The van der Waals surface area contributed by atoms with Gasteiger partial charge < -0.3 is 10.5 Å². The first-order valence-electron chi connectivity index (χ1n) is 6.21. The van der Waals surface area contributed by atoms with Gasteiger partial charge in [-0.25, -0.2) is 4.39 Å². The van der Waals surface area contributed by atoms with Gasteiger partial charge in [0.15, 0.2) is 11.6 Å². The van der Waals surface area contributed by atoms with Gasteiger partial charge in [0, 0.05) is 11.8 Å². The van der Waals surface area contributed by atoms with E-state index in [1.54, 1.807) is 6.07 Å². The molecule has 0 saturated carbocycles. The van der Waals surface area contributed by atoms with E-state index in [4.69, 9.17) is 10.5 Å². The van der Waals surface area contributed by atoms with Crippen molar-refractivity contribution in [2.24, 2.45) is 11.7 Å². The predicted molar refractivity (Wildman–Crippen MR) is 76.7 cm³/mol. The number of rotatable bonds is 7. The van der Waals surface area contributed by atoms with Gasteiger partial charge in [0.1, 0.15) is 0 Å². The maximum absolute atomic E-state index is 13.5. The average molecular weight is 271 g/mol. The number of hydrogen-bond donors (Lipinski definition) is 1. The standard InChI is InChI=1S/C14H22FNOS/c1-10(2)6-7-18-9-13(16)11-4-5-14(17-3)12(15)8-11/h4-5,8,10,13H,6-7,9,16H2,1-3H3. The summed E-state index contributed by atoms with van der Waals surface area (Å²) in [6, 6.07) is 4.80. The summed E-state index contributed by atoms with van der Waals surface area (Å²) < 4.78 is 18.4. The third kappa shape index (κ3) is 4.86. The Balaban J connectivity index is 2.46. The zero-order valence-corrected chi connectivity index (χ0v) is 12.1. The van der Waals surface area contributed by atoms with Crippen molar-refractivity contribution in [2.75, 3.05) is 18.6 Å². The number of halogens is 1. The highest BCUT2D eigenvalue weighted by atomic mass is 32.2. The van der Waals surface area contributed by atoms with Crippen LogP contribution in [0, 0.1) is 11.7 Å². The third-order valence-corrected chi connectivity index (χ3v) is 3.86. The molecule has 1 aromatic carbocycles. The smallest absolute Gasteiger partial charge is 0.165 e. The number of benzene rings is 1. The fourth-order valence-electron chi connectivity index (χ4n) is 1.54. The van der Waals surface area contributed by atoms with Crippen molar-refractivity contribution in [1.29, 1.82) is 0 Å². The molecule has 0 spiro atoms. The Kier molecular flexibility index (Phi) is 6.50. The summed E-state index contributed by atoms with van der Waals surface area (Å²) >= 11 is 1.82. The second kappa shape index (κ2) is 7.64. The Morgan fingerprint density at radius 3 is 2.67 bits per heavy atom. The monoisotopic (exact) mass is 271 g/mol. The highest BCUT2D eigenvalue weighted by Gasteiger charge is 2.10. The van der Waals surface area contributed by atoms with Crippen molar-refractivity contribution >= 4 is 11.8 Å². The largest absolute Gasteiger partial charge is 0.494 e. The van der Waals surface area contributed by atoms with E-state index in [1.807, 2.05) is 17.8 Å². The fourth-order valence-corrected chi connectivity index (χ4v) is 2.79. The molecule has 1 aromatic rings. The molecule has 0 saturated heterocycles. The van der Waals surface area contributed by atoms with Crippen LogP contribution in [0.25, 0.3) is 0 Å². The Labute approximate surface area is 113 Å². The van der Waals surface area contributed by atoms with Crippen LogP contribution in [-0.4, -0.2) is 18.6 Å². The Morgan fingerprint density at radius 2 is 2.11 bits per heavy atom. The lowest BCUT2D eigenvalue weighted by Crippen LogP contribution is -2.13. The fraction of sp³-hybridized carbons (Fsp3) is 0.571. The predicted octanol–water partition coefficient (Wildman–Crippen LogP) is 3.61. The molecule has 0 heterocycles. The molecular formula is C14H22FNOS. The molecular weight excluding hydrogens is 249 g/mol. The van der Waals surface area contributed by atoms with Gasteiger partial charge in [-0.3, -0.25) is 0 Å². The molecule has 0 radical (unpaired) electrons. The van der Waals surface area contributed by atoms with Crippen LogP contribution >= 0.6 is 11.8 Å². The van der Waals surface area contributed by atoms with E-state index in [1.165, 1.54) is 19.6 Å². The van der Waals surface area contributed by atoms with Crippen LogP contribution in [0.1, 0.15) is 31.9 Å². The molecule has 1 atom stereocenters. The number of ether oxygens (including phenoxy) is 1. The molecule has 0 bridgehead atoms.